The Morgan fingerprint density at radius 1 is 0.508 bits per heavy atom. The molecule has 63 heavy (non-hydrogen) atoms. The highest BCUT2D eigenvalue weighted by Gasteiger charge is 2.62. The zero-order valence-electron chi connectivity index (χ0n) is 34.0. The molecule has 0 saturated carbocycles. The molecule has 12 aliphatic rings. The van der Waals surface area contributed by atoms with Crippen molar-refractivity contribution in [2.45, 2.75) is 227 Å². The summed E-state index contributed by atoms with van der Waals surface area (Å²) < 4.78 is 57.6. The summed E-state index contributed by atoms with van der Waals surface area (Å²) in [5.41, 5.74) is 4.53. The highest BCUT2D eigenvalue weighted by molar-refractivity contribution is 5.75. The lowest BCUT2D eigenvalue weighted by Crippen LogP contribution is -2.40. The first kappa shape index (κ1) is 56.8. The molecular formula is C52H90O11. The Kier molecular flexibility index (Phi) is 19.4. The summed E-state index contributed by atoms with van der Waals surface area (Å²) in [5, 5.41) is 0. The van der Waals surface area contributed by atoms with E-state index in [2.05, 4.69) is 30.9 Å². The van der Waals surface area contributed by atoms with Crippen LogP contribution in [0.3, 0.4) is 0 Å². The minimum absolute atomic E-state index is 0. The summed E-state index contributed by atoms with van der Waals surface area (Å²) in [5.74, 6) is -0.113. The summed E-state index contributed by atoms with van der Waals surface area (Å²) in [6.07, 6.45) is 26.3. The number of rotatable bonds is 2. The Bertz CT molecular complexity index is 1580. The first-order chi connectivity index (χ1) is 27.0. The molecule has 0 unspecified atom stereocenters. The zero-order chi connectivity index (χ0) is 38.8. The van der Waals surface area contributed by atoms with Crippen LogP contribution in [0.2, 0.25) is 0 Å². The third-order valence-corrected chi connectivity index (χ3v) is 14.7. The van der Waals surface area contributed by atoms with Crippen molar-refractivity contribution in [1.82, 2.24) is 0 Å². The van der Waals surface area contributed by atoms with E-state index in [0.717, 1.165) is 83.4 Å². The van der Waals surface area contributed by atoms with Crippen LogP contribution in [0.15, 0.2) is 58.9 Å². The second-order valence-electron chi connectivity index (χ2n) is 18.1. The van der Waals surface area contributed by atoms with E-state index in [1.807, 2.05) is 13.8 Å². The van der Waals surface area contributed by atoms with Crippen LogP contribution in [-0.4, -0.2) is 105 Å². The maximum atomic E-state index is 11.2. The van der Waals surface area contributed by atoms with Crippen LogP contribution in [0.25, 0.3) is 0 Å². The fourth-order valence-electron chi connectivity index (χ4n) is 11.7. The quantitative estimate of drug-likeness (QED) is 0.195. The minimum Gasteiger partial charge on any atom is -0.485 e. The first-order valence-electron chi connectivity index (χ1n) is 21.3. The molecule has 0 aromatic heterocycles. The van der Waals surface area contributed by atoms with E-state index in [9.17, 15) is 4.79 Å². The molecule has 0 radical (unpaired) electrons. The van der Waals surface area contributed by atoms with Crippen molar-refractivity contribution in [3.05, 3.63) is 58.9 Å². The van der Waals surface area contributed by atoms with E-state index in [4.69, 9.17) is 47.4 Å². The van der Waals surface area contributed by atoms with Gasteiger partial charge in [0, 0.05) is 33.5 Å². The van der Waals surface area contributed by atoms with E-state index in [1.165, 1.54) is 60.8 Å². The number of esters is 1. The lowest BCUT2D eigenvalue weighted by molar-refractivity contribution is -0.221. The number of hydrogen-bond donors (Lipinski definition) is 0. The number of hydrogen-bond acceptors (Lipinski definition) is 11. The SMILES string of the molecule is C.C.C.C.C.C.C.C=C1C[C@@H]2OCC3=CCCC[C@]32O1.CO[C@@]1(C)C[C@@H]2OCC3=CCCC[C@]32O1.CO[C@]1(C)C[C@@H]2OCC3=CCCC[C@]32O1.O=C1C[C@@H]2OCC3=CCCC[C@]32O1. The number of carbonyl (C=O) groups excluding carboxylic acids is 1. The Hall–Kier alpha value is -2.35. The molecule has 12 rings (SSSR count). The van der Waals surface area contributed by atoms with Crippen LogP contribution in [0.5, 0.6) is 0 Å². The van der Waals surface area contributed by atoms with Crippen molar-refractivity contribution in [2.75, 3.05) is 40.6 Å². The van der Waals surface area contributed by atoms with Crippen LogP contribution >= 0.6 is 0 Å². The fourth-order valence-corrected chi connectivity index (χ4v) is 11.7. The van der Waals surface area contributed by atoms with E-state index < -0.39 is 11.6 Å². The second-order valence-corrected chi connectivity index (χ2v) is 18.1. The summed E-state index contributed by atoms with van der Waals surface area (Å²) in [4.78, 5) is 11.2. The maximum absolute atomic E-state index is 11.2. The largest absolute Gasteiger partial charge is 0.485 e. The van der Waals surface area contributed by atoms with Crippen LogP contribution in [0, 0.1) is 0 Å². The van der Waals surface area contributed by atoms with Gasteiger partial charge in [-0.2, -0.15) is 0 Å². The van der Waals surface area contributed by atoms with Gasteiger partial charge in [-0.1, -0.05) is 82.9 Å². The van der Waals surface area contributed by atoms with Gasteiger partial charge in [-0.3, -0.25) is 4.79 Å². The van der Waals surface area contributed by atoms with Crippen LogP contribution in [0.1, 0.15) is 169 Å². The molecule has 8 fully saturated rings. The average molecular weight is 891 g/mol. The molecule has 364 valence electrons. The molecule has 0 bridgehead atoms. The van der Waals surface area contributed by atoms with Crippen LogP contribution in [-0.2, 0) is 52.2 Å². The van der Waals surface area contributed by atoms with Crippen LogP contribution < -0.4 is 0 Å². The van der Waals surface area contributed by atoms with Gasteiger partial charge in [-0.25, -0.2) is 0 Å². The average Bonchev–Trinajstić information content (AvgIpc) is 4.06. The maximum Gasteiger partial charge on any atom is 0.309 e. The smallest absolute Gasteiger partial charge is 0.309 e. The lowest BCUT2D eigenvalue weighted by atomic mass is 9.81. The van der Waals surface area contributed by atoms with Gasteiger partial charge >= 0.3 is 5.97 Å². The van der Waals surface area contributed by atoms with Gasteiger partial charge in [-0.05, 0) is 113 Å². The predicted octanol–water partition coefficient (Wildman–Crippen LogP) is 11.8. The molecule has 11 nitrogen and oxygen atoms in total. The molecular weight excluding hydrogens is 801 g/mol. The van der Waals surface area contributed by atoms with Crippen molar-refractivity contribution in [1.29, 1.82) is 0 Å². The number of carbonyl (C=O) groups is 1. The van der Waals surface area contributed by atoms with Gasteiger partial charge in [0.05, 0.1) is 50.8 Å². The van der Waals surface area contributed by atoms with Gasteiger partial charge in [-0.15, -0.1) is 0 Å². The Morgan fingerprint density at radius 2 is 0.841 bits per heavy atom. The van der Waals surface area contributed by atoms with Gasteiger partial charge in [0.25, 0.3) is 0 Å². The Labute approximate surface area is 383 Å². The van der Waals surface area contributed by atoms with Crippen molar-refractivity contribution in [3.8, 4) is 0 Å². The molecule has 8 heterocycles. The van der Waals surface area contributed by atoms with Gasteiger partial charge in [0.15, 0.2) is 22.8 Å². The van der Waals surface area contributed by atoms with Gasteiger partial charge in [0.2, 0.25) is 0 Å². The normalized spacial score (nSPS) is 40.6. The lowest BCUT2D eigenvalue weighted by Gasteiger charge is -2.34. The molecule has 11 heteroatoms. The molecule has 0 aromatic rings. The second kappa shape index (κ2) is 21.5. The van der Waals surface area contributed by atoms with Crippen molar-refractivity contribution in [3.63, 3.8) is 0 Å². The third kappa shape index (κ3) is 9.61. The van der Waals surface area contributed by atoms with E-state index >= 15 is 0 Å². The van der Waals surface area contributed by atoms with Crippen LogP contribution in [0.4, 0.5) is 0 Å². The molecule has 8 aliphatic heterocycles. The highest BCUT2D eigenvalue weighted by Crippen LogP contribution is 2.54. The molecule has 0 N–H and O–H groups in total. The summed E-state index contributed by atoms with van der Waals surface area (Å²) >= 11 is 0. The Morgan fingerprint density at radius 3 is 1.24 bits per heavy atom. The van der Waals surface area contributed by atoms with E-state index in [0.29, 0.717) is 13.0 Å². The fraction of sp³-hybridized carbons (Fsp3) is 0.788. The zero-order valence-corrected chi connectivity index (χ0v) is 34.0. The van der Waals surface area contributed by atoms with Gasteiger partial charge in [0.1, 0.15) is 23.4 Å². The minimum atomic E-state index is -0.457. The first-order valence-corrected chi connectivity index (χ1v) is 21.3. The molecule has 10 atom stereocenters. The molecule has 8 saturated heterocycles. The number of ether oxygens (including phenoxy) is 10. The summed E-state index contributed by atoms with van der Waals surface area (Å²) in [7, 11) is 3.42. The number of methoxy groups -OCH3 is 2. The molecule has 4 aliphatic carbocycles. The molecule has 0 aromatic carbocycles. The standard InChI is InChI=1S/2C12H18O3.C11H14O2.C10H12O3.7CH4/c2*1-11(13-2)7-10-12(15-11)6-4-3-5-9(12)8-14-10;1-8-6-10-11(13-8)5-3-2-4-9(11)7-12-10;11-9-5-8-10(13-9)4-2-1-3-7(10)6-12-8;;;;;;;/h2*5,10H,3-4,6-8H2,1-2H3;4,10H,1-3,5-7H2;3,8H,1-2,4-6H2;7*1H4/t10-,11+,12-;10-,11-,12-;10-,11-;8-,10-;;;;;;;/m0000......./s1. The van der Waals surface area contributed by atoms with E-state index in [1.54, 1.807) is 14.2 Å². The van der Waals surface area contributed by atoms with Crippen molar-refractivity contribution < 1.29 is 52.2 Å². The summed E-state index contributed by atoms with van der Waals surface area (Å²) in [6, 6.07) is 0. The molecule has 4 spiro atoms. The highest BCUT2D eigenvalue weighted by atomic mass is 16.7. The molecule has 0 amide bonds. The monoisotopic (exact) mass is 891 g/mol. The summed E-state index contributed by atoms with van der Waals surface area (Å²) in [6.45, 7) is 10.9. The van der Waals surface area contributed by atoms with Gasteiger partial charge < -0.3 is 47.4 Å². The topological polar surface area (TPSA) is 109 Å². The Balaban J connectivity index is 0.000000279. The van der Waals surface area contributed by atoms with E-state index in [-0.39, 0.29) is 105 Å². The van der Waals surface area contributed by atoms with Crippen molar-refractivity contribution >= 4 is 5.97 Å². The van der Waals surface area contributed by atoms with Crippen molar-refractivity contribution in [2.24, 2.45) is 0 Å². The number of allylic oxidation sites excluding steroid dienone is 4. The predicted molar refractivity (Wildman–Crippen MR) is 253 cm³/mol. The third-order valence-electron chi connectivity index (χ3n) is 14.7.